The highest BCUT2D eigenvalue weighted by atomic mass is 127. The average molecular weight is 593 g/mol. The van der Waals surface area contributed by atoms with Crippen molar-refractivity contribution >= 4 is 50.2 Å². The number of nitrogens with one attached hydrogen (secondary N) is 1. The number of nitrogens with zero attached hydrogens (tertiary/aromatic N) is 4. The molecule has 11 heteroatoms. The molecule has 34 heavy (non-hydrogen) atoms. The van der Waals surface area contributed by atoms with Crippen LogP contribution in [0.25, 0.3) is 5.69 Å². The van der Waals surface area contributed by atoms with Gasteiger partial charge < -0.3 is 4.57 Å². The molecule has 0 unspecified atom stereocenters. The van der Waals surface area contributed by atoms with Gasteiger partial charge in [-0.15, -0.1) is 0 Å². The summed E-state index contributed by atoms with van der Waals surface area (Å²) in [6.45, 7) is 4.84. The van der Waals surface area contributed by atoms with Crippen molar-refractivity contribution in [1.29, 1.82) is 0 Å². The molecule has 4 rings (SSSR count). The Morgan fingerprint density at radius 3 is 2.41 bits per heavy atom. The molecule has 0 aliphatic carbocycles. The van der Waals surface area contributed by atoms with Crippen LogP contribution in [0.15, 0.2) is 58.5 Å². The van der Waals surface area contributed by atoms with Crippen LogP contribution in [-0.4, -0.2) is 41.5 Å². The van der Waals surface area contributed by atoms with E-state index in [4.69, 9.17) is 0 Å². The number of hydrazone groups is 1. The highest BCUT2D eigenvalue weighted by molar-refractivity contribution is 14.1. The highest BCUT2D eigenvalue weighted by Crippen LogP contribution is 2.30. The predicted molar refractivity (Wildman–Crippen MR) is 140 cm³/mol. The lowest BCUT2D eigenvalue weighted by molar-refractivity contribution is -0.384. The van der Waals surface area contributed by atoms with Gasteiger partial charge in [0.15, 0.2) is 0 Å². The summed E-state index contributed by atoms with van der Waals surface area (Å²) in [5.74, 6) is 0. The van der Waals surface area contributed by atoms with E-state index < -0.39 is 14.9 Å². The van der Waals surface area contributed by atoms with Crippen molar-refractivity contribution in [3.05, 3.63) is 79.2 Å². The zero-order valence-corrected chi connectivity index (χ0v) is 21.7. The van der Waals surface area contributed by atoms with Crippen molar-refractivity contribution in [2.45, 2.75) is 31.6 Å². The smallest absolute Gasteiger partial charge is 0.295 e. The van der Waals surface area contributed by atoms with E-state index in [0.29, 0.717) is 13.1 Å². The van der Waals surface area contributed by atoms with Crippen LogP contribution in [0.4, 0.5) is 11.4 Å². The summed E-state index contributed by atoms with van der Waals surface area (Å²) in [6, 6.07) is 14.0. The minimum absolute atomic E-state index is 0.0864. The molecular weight excluding hydrogens is 569 g/mol. The second kappa shape index (κ2) is 9.84. The van der Waals surface area contributed by atoms with Gasteiger partial charge in [-0.25, -0.2) is 8.42 Å². The Labute approximate surface area is 211 Å². The molecule has 1 aliphatic heterocycles. The third kappa shape index (κ3) is 4.86. The molecule has 2 aromatic carbocycles. The summed E-state index contributed by atoms with van der Waals surface area (Å²) in [4.78, 5) is 10.9. The molecule has 0 spiro atoms. The van der Waals surface area contributed by atoms with Gasteiger partial charge in [0.05, 0.1) is 16.0 Å². The Hall–Kier alpha value is -2.77. The summed E-state index contributed by atoms with van der Waals surface area (Å²) >= 11 is 2.26. The number of sulfonamides is 1. The third-order valence-electron chi connectivity index (χ3n) is 5.81. The van der Waals surface area contributed by atoms with E-state index in [-0.39, 0.29) is 16.3 Å². The Balaban J connectivity index is 1.58. The molecule has 1 aromatic heterocycles. The van der Waals surface area contributed by atoms with Gasteiger partial charge in [0.1, 0.15) is 5.69 Å². The molecule has 1 saturated heterocycles. The van der Waals surface area contributed by atoms with Crippen LogP contribution in [0, 0.1) is 27.5 Å². The number of aromatic nitrogens is 1. The highest BCUT2D eigenvalue weighted by Gasteiger charge is 2.29. The first-order valence-corrected chi connectivity index (χ1v) is 13.2. The molecule has 0 saturated carbocycles. The summed E-state index contributed by atoms with van der Waals surface area (Å²) in [7, 11) is -3.75. The molecule has 2 heterocycles. The average Bonchev–Trinajstić information content (AvgIpc) is 3.44. The van der Waals surface area contributed by atoms with Crippen molar-refractivity contribution in [2.75, 3.05) is 18.5 Å². The van der Waals surface area contributed by atoms with Gasteiger partial charge in [0, 0.05) is 45.4 Å². The van der Waals surface area contributed by atoms with Crippen molar-refractivity contribution in [3.8, 4) is 5.69 Å². The predicted octanol–water partition coefficient (Wildman–Crippen LogP) is 4.84. The Morgan fingerprint density at radius 2 is 1.76 bits per heavy atom. The molecule has 9 nitrogen and oxygen atoms in total. The van der Waals surface area contributed by atoms with Crippen LogP contribution >= 0.6 is 22.6 Å². The van der Waals surface area contributed by atoms with Gasteiger partial charge in [0.25, 0.3) is 5.69 Å². The largest absolute Gasteiger partial charge is 0.318 e. The molecule has 0 atom stereocenters. The van der Waals surface area contributed by atoms with Crippen LogP contribution in [0.1, 0.15) is 29.8 Å². The maximum Gasteiger partial charge on any atom is 0.295 e. The van der Waals surface area contributed by atoms with E-state index in [1.165, 1.54) is 16.4 Å². The van der Waals surface area contributed by atoms with E-state index in [2.05, 4.69) is 37.7 Å². The summed E-state index contributed by atoms with van der Waals surface area (Å²) in [6.07, 6.45) is 3.18. The fraction of sp³-hybridized carbons (Fsp3) is 0.261. The fourth-order valence-electron chi connectivity index (χ4n) is 4.07. The number of benzene rings is 2. The standard InChI is InChI=1S/C23H24IN5O4S/c1-16-13-18(17(2)28(16)20-7-5-19(24)6-8-20)15-25-26-22-10-9-21(14-23(22)29(30)31)34(32,33)27-11-3-4-12-27/h5-10,13-15,26H,3-4,11-12H2,1-2H3/b25-15+. The van der Waals surface area contributed by atoms with E-state index in [0.717, 1.165) is 45.1 Å². The van der Waals surface area contributed by atoms with Gasteiger partial charge in [0.2, 0.25) is 10.0 Å². The molecule has 178 valence electrons. The van der Waals surface area contributed by atoms with E-state index in [1.54, 1.807) is 6.21 Å². The van der Waals surface area contributed by atoms with Crippen LogP contribution in [0.2, 0.25) is 0 Å². The number of nitro benzene ring substituents is 1. The van der Waals surface area contributed by atoms with Crippen molar-refractivity contribution in [2.24, 2.45) is 5.10 Å². The van der Waals surface area contributed by atoms with Crippen molar-refractivity contribution < 1.29 is 13.3 Å². The van der Waals surface area contributed by atoms with E-state index in [1.807, 2.05) is 44.2 Å². The molecule has 0 radical (unpaired) electrons. The second-order valence-corrected chi connectivity index (χ2v) is 11.2. The monoisotopic (exact) mass is 593 g/mol. The Bertz CT molecular complexity index is 1360. The van der Waals surface area contributed by atoms with Crippen LogP contribution in [-0.2, 0) is 10.0 Å². The number of hydrogen-bond acceptors (Lipinski definition) is 6. The molecule has 3 aromatic rings. The molecule has 1 fully saturated rings. The number of hydrogen-bond donors (Lipinski definition) is 1. The maximum absolute atomic E-state index is 12.8. The van der Waals surface area contributed by atoms with Gasteiger partial charge in [-0.05, 0) is 91.7 Å². The second-order valence-electron chi connectivity index (χ2n) is 8.06. The Kier molecular flexibility index (Phi) is 7.05. The maximum atomic E-state index is 12.8. The zero-order valence-electron chi connectivity index (χ0n) is 18.7. The van der Waals surface area contributed by atoms with E-state index >= 15 is 0 Å². The number of rotatable bonds is 7. The lowest BCUT2D eigenvalue weighted by Crippen LogP contribution is -2.27. The lowest BCUT2D eigenvalue weighted by Gasteiger charge is -2.15. The third-order valence-corrected chi connectivity index (χ3v) is 8.43. The normalized spacial score (nSPS) is 14.7. The minimum Gasteiger partial charge on any atom is -0.318 e. The number of aryl methyl sites for hydroxylation is 1. The van der Waals surface area contributed by atoms with Crippen molar-refractivity contribution in [1.82, 2.24) is 8.87 Å². The molecule has 1 N–H and O–H groups in total. The summed E-state index contributed by atoms with van der Waals surface area (Å²) in [5, 5.41) is 15.8. The number of nitro groups is 1. The number of anilines is 1. The molecule has 0 bridgehead atoms. The van der Waals surface area contributed by atoms with Gasteiger partial charge in [-0.1, -0.05) is 0 Å². The molecule has 1 aliphatic rings. The van der Waals surface area contributed by atoms with Gasteiger partial charge >= 0.3 is 0 Å². The SMILES string of the molecule is Cc1cc(/C=N/Nc2ccc(S(=O)(=O)N3CCCC3)cc2[N+](=O)[O-])c(C)n1-c1ccc(I)cc1. The lowest BCUT2D eigenvalue weighted by atomic mass is 10.2. The molecular formula is C23H24IN5O4S. The van der Waals surface area contributed by atoms with Crippen molar-refractivity contribution in [3.63, 3.8) is 0 Å². The van der Waals surface area contributed by atoms with Crippen LogP contribution < -0.4 is 5.43 Å². The first-order chi connectivity index (χ1) is 16.2. The fourth-order valence-corrected chi connectivity index (χ4v) is 5.97. The zero-order chi connectivity index (χ0) is 24.5. The van der Waals surface area contributed by atoms with Gasteiger partial charge in [-0.2, -0.15) is 9.41 Å². The van der Waals surface area contributed by atoms with Gasteiger partial charge in [-0.3, -0.25) is 15.5 Å². The topological polar surface area (TPSA) is 110 Å². The van der Waals surface area contributed by atoms with E-state index in [9.17, 15) is 18.5 Å². The van der Waals surface area contributed by atoms with Crippen LogP contribution in [0.5, 0.6) is 0 Å². The first kappa shape index (κ1) is 24.4. The first-order valence-electron chi connectivity index (χ1n) is 10.7. The summed E-state index contributed by atoms with van der Waals surface area (Å²) in [5.41, 5.74) is 6.38. The van der Waals surface area contributed by atoms with Crippen LogP contribution in [0.3, 0.4) is 0 Å². The minimum atomic E-state index is -3.75. The summed E-state index contributed by atoms with van der Waals surface area (Å²) < 4.78 is 30.2. The Morgan fingerprint density at radius 1 is 1.09 bits per heavy atom. The number of halogens is 1. The quantitative estimate of drug-likeness (QED) is 0.183. The molecule has 0 amide bonds.